The van der Waals surface area contributed by atoms with Crippen molar-refractivity contribution in [2.45, 2.75) is 4.90 Å². The van der Waals surface area contributed by atoms with E-state index in [9.17, 15) is 13.2 Å². The number of nitrogens with one attached hydrogen (secondary N) is 1. The molecule has 24 heavy (non-hydrogen) atoms. The molecule has 0 spiro atoms. The fourth-order valence-corrected chi connectivity index (χ4v) is 2.87. The molecule has 0 bridgehead atoms. The molecule has 2 rings (SSSR count). The highest BCUT2D eigenvalue weighted by atomic mass is 32.2. The fraction of sp³-hybridized carbons (Fsp3) is 0.188. The molecular formula is C16H17NO6S. The zero-order valence-corrected chi connectivity index (χ0v) is 14.0. The average Bonchev–Trinajstić information content (AvgIpc) is 2.59. The Labute approximate surface area is 140 Å². The van der Waals surface area contributed by atoms with Crippen LogP contribution in [0.2, 0.25) is 0 Å². The van der Waals surface area contributed by atoms with Crippen molar-refractivity contribution in [3.05, 3.63) is 48.5 Å². The molecule has 0 fully saturated rings. The maximum atomic E-state index is 12.4. The minimum atomic E-state index is -3.74. The van der Waals surface area contributed by atoms with Crippen molar-refractivity contribution in [3.63, 3.8) is 0 Å². The first-order valence-electron chi connectivity index (χ1n) is 6.91. The van der Waals surface area contributed by atoms with Crippen LogP contribution < -0.4 is 14.2 Å². The highest BCUT2D eigenvalue weighted by Crippen LogP contribution is 2.22. The first-order valence-corrected chi connectivity index (χ1v) is 8.39. The van der Waals surface area contributed by atoms with Gasteiger partial charge in [0.05, 0.1) is 24.8 Å². The Hall–Kier alpha value is -2.74. The minimum Gasteiger partial charge on any atom is -0.497 e. The van der Waals surface area contributed by atoms with Crippen LogP contribution in [0.15, 0.2) is 53.4 Å². The van der Waals surface area contributed by atoms with Crippen molar-refractivity contribution in [1.82, 2.24) is 0 Å². The molecule has 0 aromatic heterocycles. The van der Waals surface area contributed by atoms with E-state index in [-0.39, 0.29) is 11.5 Å². The highest BCUT2D eigenvalue weighted by molar-refractivity contribution is 7.92. The predicted molar refractivity (Wildman–Crippen MR) is 87.8 cm³/mol. The number of hydrogen-bond donors (Lipinski definition) is 1. The highest BCUT2D eigenvalue weighted by Gasteiger charge is 2.14. The molecule has 0 radical (unpaired) electrons. The molecule has 0 aliphatic carbocycles. The summed E-state index contributed by atoms with van der Waals surface area (Å²) < 4.78 is 41.9. The number of benzene rings is 2. The van der Waals surface area contributed by atoms with E-state index in [1.54, 1.807) is 24.3 Å². The second kappa shape index (κ2) is 7.69. The molecule has 0 unspecified atom stereocenters. The van der Waals surface area contributed by atoms with E-state index < -0.39 is 16.0 Å². The smallest absolute Gasteiger partial charge is 0.343 e. The van der Waals surface area contributed by atoms with Gasteiger partial charge in [-0.15, -0.1) is 0 Å². The number of hydrogen-bond acceptors (Lipinski definition) is 6. The van der Waals surface area contributed by atoms with Gasteiger partial charge in [-0.3, -0.25) is 4.72 Å². The minimum absolute atomic E-state index is 0.0655. The number of carbonyl (C=O) groups excluding carboxylic acids is 1. The van der Waals surface area contributed by atoms with E-state index in [4.69, 9.17) is 9.47 Å². The molecule has 0 amide bonds. The average molecular weight is 351 g/mol. The molecule has 2 aromatic rings. The van der Waals surface area contributed by atoms with Gasteiger partial charge in [-0.05, 0) is 36.4 Å². The Morgan fingerprint density at radius 2 is 1.75 bits per heavy atom. The van der Waals surface area contributed by atoms with E-state index in [0.29, 0.717) is 17.2 Å². The standard InChI is InChI=1S/C16H17NO6S/c1-21-14-5-3-4-12(10-14)17-24(19,20)15-8-6-13(7-9-15)23-11-16(18)22-2/h3-10,17H,11H2,1-2H3. The Morgan fingerprint density at radius 1 is 1.04 bits per heavy atom. The van der Waals surface area contributed by atoms with E-state index in [0.717, 1.165) is 0 Å². The molecule has 128 valence electrons. The van der Waals surface area contributed by atoms with Gasteiger partial charge in [0.25, 0.3) is 10.0 Å². The molecule has 8 heteroatoms. The molecular weight excluding hydrogens is 334 g/mol. The van der Waals surface area contributed by atoms with Gasteiger partial charge >= 0.3 is 5.97 Å². The van der Waals surface area contributed by atoms with Gasteiger partial charge in [-0.1, -0.05) is 6.07 Å². The summed E-state index contributed by atoms with van der Waals surface area (Å²) in [4.78, 5) is 11.1. The second-order valence-corrected chi connectivity index (χ2v) is 6.36. The Morgan fingerprint density at radius 3 is 2.38 bits per heavy atom. The van der Waals surface area contributed by atoms with Gasteiger partial charge in [0.1, 0.15) is 11.5 Å². The van der Waals surface area contributed by atoms with Gasteiger partial charge in [-0.25, -0.2) is 13.2 Å². The summed E-state index contributed by atoms with van der Waals surface area (Å²) in [5.41, 5.74) is 0.389. The molecule has 0 saturated carbocycles. The SMILES string of the molecule is COC(=O)COc1ccc(S(=O)(=O)Nc2cccc(OC)c2)cc1. The van der Waals surface area contributed by atoms with E-state index >= 15 is 0 Å². The van der Waals surface area contributed by atoms with Crippen LogP contribution in [-0.4, -0.2) is 35.2 Å². The molecule has 7 nitrogen and oxygen atoms in total. The molecule has 1 N–H and O–H groups in total. The number of esters is 1. The fourth-order valence-electron chi connectivity index (χ4n) is 1.82. The molecule has 2 aromatic carbocycles. The van der Waals surface area contributed by atoms with Crippen molar-refractivity contribution < 1.29 is 27.4 Å². The van der Waals surface area contributed by atoms with Crippen LogP contribution in [0.25, 0.3) is 0 Å². The van der Waals surface area contributed by atoms with Crippen LogP contribution in [0.3, 0.4) is 0 Å². The summed E-state index contributed by atoms with van der Waals surface area (Å²) in [5.74, 6) is 0.383. The van der Waals surface area contributed by atoms with Crippen molar-refractivity contribution in [3.8, 4) is 11.5 Å². The summed E-state index contributed by atoms with van der Waals surface area (Å²) in [6.07, 6.45) is 0. The Kier molecular flexibility index (Phi) is 5.64. The first kappa shape index (κ1) is 17.6. The van der Waals surface area contributed by atoms with Crippen LogP contribution in [0.5, 0.6) is 11.5 Å². The summed E-state index contributed by atoms with van der Waals surface area (Å²) in [5, 5.41) is 0. The summed E-state index contributed by atoms with van der Waals surface area (Å²) in [6.45, 7) is -0.245. The van der Waals surface area contributed by atoms with Gasteiger partial charge in [0, 0.05) is 6.07 Å². The predicted octanol–water partition coefficient (Wildman–Crippen LogP) is 2.05. The lowest BCUT2D eigenvalue weighted by molar-refractivity contribution is -0.142. The number of sulfonamides is 1. The molecule has 0 atom stereocenters. The third-order valence-corrected chi connectivity index (χ3v) is 4.44. The van der Waals surface area contributed by atoms with Crippen LogP contribution in [0.1, 0.15) is 0 Å². The summed E-state index contributed by atoms with van der Waals surface area (Å²) >= 11 is 0. The molecule has 0 saturated heterocycles. The van der Waals surface area contributed by atoms with E-state index in [2.05, 4.69) is 9.46 Å². The van der Waals surface area contributed by atoms with Crippen LogP contribution >= 0.6 is 0 Å². The topological polar surface area (TPSA) is 90.9 Å². The monoisotopic (exact) mass is 351 g/mol. The molecule has 0 aliphatic heterocycles. The van der Waals surface area contributed by atoms with Crippen molar-refractivity contribution in [1.29, 1.82) is 0 Å². The Balaban J connectivity index is 2.10. The Bertz CT molecular complexity index is 802. The quantitative estimate of drug-likeness (QED) is 0.768. The molecule has 0 heterocycles. The number of carbonyl (C=O) groups is 1. The van der Waals surface area contributed by atoms with Crippen molar-refractivity contribution in [2.24, 2.45) is 0 Å². The van der Waals surface area contributed by atoms with Crippen LogP contribution in [0.4, 0.5) is 5.69 Å². The third kappa shape index (κ3) is 4.63. The first-order chi connectivity index (χ1) is 11.4. The largest absolute Gasteiger partial charge is 0.497 e. The zero-order valence-electron chi connectivity index (χ0n) is 13.2. The third-order valence-electron chi connectivity index (χ3n) is 3.04. The summed E-state index contributed by atoms with van der Waals surface area (Å²) in [7, 11) is -0.988. The van der Waals surface area contributed by atoms with E-state index in [1.165, 1.54) is 38.5 Å². The number of methoxy groups -OCH3 is 2. The molecule has 0 aliphatic rings. The van der Waals surface area contributed by atoms with Crippen molar-refractivity contribution >= 4 is 21.7 Å². The normalized spacial score (nSPS) is 10.8. The zero-order chi connectivity index (χ0) is 17.6. The maximum absolute atomic E-state index is 12.4. The lowest BCUT2D eigenvalue weighted by atomic mass is 10.3. The van der Waals surface area contributed by atoms with E-state index in [1.807, 2.05) is 0 Å². The second-order valence-electron chi connectivity index (χ2n) is 4.67. The van der Waals surface area contributed by atoms with Crippen LogP contribution in [-0.2, 0) is 19.6 Å². The summed E-state index contributed by atoms with van der Waals surface area (Å²) in [6, 6.07) is 12.3. The lowest BCUT2D eigenvalue weighted by Gasteiger charge is -2.10. The number of rotatable bonds is 7. The lowest BCUT2D eigenvalue weighted by Crippen LogP contribution is -2.14. The van der Waals surface area contributed by atoms with Gasteiger partial charge in [0.15, 0.2) is 6.61 Å². The number of ether oxygens (including phenoxy) is 3. The maximum Gasteiger partial charge on any atom is 0.343 e. The number of anilines is 1. The van der Waals surface area contributed by atoms with Gasteiger partial charge in [-0.2, -0.15) is 0 Å². The van der Waals surface area contributed by atoms with Crippen LogP contribution in [0, 0.1) is 0 Å². The van der Waals surface area contributed by atoms with Gasteiger partial charge < -0.3 is 14.2 Å². The van der Waals surface area contributed by atoms with Gasteiger partial charge in [0.2, 0.25) is 0 Å². The van der Waals surface area contributed by atoms with Crippen molar-refractivity contribution in [2.75, 3.05) is 25.5 Å².